The number of amides is 1. The van der Waals surface area contributed by atoms with E-state index in [1.54, 1.807) is 0 Å². The average Bonchev–Trinajstić information content (AvgIpc) is 3.04. The second-order valence-corrected chi connectivity index (χ2v) is 5.66. The average molecular weight is 305 g/mol. The largest absolute Gasteiger partial charge is 0.334 e. The number of anilines is 1. The van der Waals surface area contributed by atoms with Gasteiger partial charge >= 0.3 is 0 Å². The van der Waals surface area contributed by atoms with Crippen LogP contribution in [-0.2, 0) is 11.2 Å². The molecule has 0 saturated carbocycles. The van der Waals surface area contributed by atoms with Crippen LogP contribution in [-0.4, -0.2) is 16.0 Å². The van der Waals surface area contributed by atoms with Gasteiger partial charge in [0.2, 0.25) is 11.7 Å². The molecule has 0 atom stereocenters. The van der Waals surface area contributed by atoms with E-state index in [1.807, 2.05) is 49.4 Å². The van der Waals surface area contributed by atoms with Gasteiger partial charge in [-0.15, -0.1) is 0 Å². The Morgan fingerprint density at radius 3 is 2.87 bits per heavy atom. The molecule has 114 valence electrons. The van der Waals surface area contributed by atoms with Crippen molar-refractivity contribution >= 4 is 11.6 Å². The van der Waals surface area contributed by atoms with Gasteiger partial charge in [-0.3, -0.25) is 4.79 Å². The van der Waals surface area contributed by atoms with E-state index < -0.39 is 0 Å². The molecular formula is C18H15N3O2. The van der Waals surface area contributed by atoms with E-state index in [2.05, 4.69) is 15.5 Å². The lowest BCUT2D eigenvalue weighted by Gasteiger charge is -2.16. The molecule has 4 rings (SSSR count). The summed E-state index contributed by atoms with van der Waals surface area (Å²) in [6, 6.07) is 13.7. The zero-order valence-corrected chi connectivity index (χ0v) is 12.7. The molecule has 2 aromatic carbocycles. The van der Waals surface area contributed by atoms with Gasteiger partial charge < -0.3 is 9.84 Å². The highest BCUT2D eigenvalue weighted by molar-refractivity contribution is 5.94. The monoisotopic (exact) mass is 305 g/mol. The van der Waals surface area contributed by atoms with Crippen LogP contribution in [0, 0.1) is 6.92 Å². The van der Waals surface area contributed by atoms with E-state index in [0.29, 0.717) is 18.1 Å². The fourth-order valence-electron chi connectivity index (χ4n) is 2.79. The highest BCUT2D eigenvalue weighted by Gasteiger charge is 2.17. The molecule has 0 radical (unpaired) electrons. The zero-order valence-electron chi connectivity index (χ0n) is 12.7. The Bertz CT molecular complexity index is 899. The number of aromatic nitrogens is 2. The molecule has 0 spiro atoms. The molecule has 0 bridgehead atoms. The van der Waals surface area contributed by atoms with Gasteiger partial charge in [0.25, 0.3) is 5.89 Å². The van der Waals surface area contributed by atoms with E-state index >= 15 is 0 Å². The van der Waals surface area contributed by atoms with E-state index in [9.17, 15) is 4.79 Å². The Morgan fingerprint density at radius 1 is 1.13 bits per heavy atom. The molecule has 0 fully saturated rings. The van der Waals surface area contributed by atoms with Crippen LogP contribution in [0.5, 0.6) is 0 Å². The van der Waals surface area contributed by atoms with Gasteiger partial charge in [0.1, 0.15) is 0 Å². The highest BCUT2D eigenvalue weighted by atomic mass is 16.5. The second kappa shape index (κ2) is 5.35. The molecule has 0 saturated heterocycles. The number of carbonyl (C=O) groups is 1. The highest BCUT2D eigenvalue weighted by Crippen LogP contribution is 2.29. The maximum Gasteiger partial charge on any atom is 0.258 e. The van der Waals surface area contributed by atoms with Gasteiger partial charge in [-0.1, -0.05) is 29.4 Å². The fourth-order valence-corrected chi connectivity index (χ4v) is 2.79. The van der Waals surface area contributed by atoms with E-state index in [-0.39, 0.29) is 5.91 Å². The van der Waals surface area contributed by atoms with Crippen molar-refractivity contribution in [3.05, 3.63) is 53.6 Å². The maximum atomic E-state index is 11.4. The van der Waals surface area contributed by atoms with Gasteiger partial charge in [-0.2, -0.15) is 4.98 Å². The van der Waals surface area contributed by atoms with Gasteiger partial charge in [-0.25, -0.2) is 0 Å². The normalized spacial score (nSPS) is 13.5. The molecular weight excluding hydrogens is 290 g/mol. The summed E-state index contributed by atoms with van der Waals surface area (Å²) < 4.78 is 5.42. The number of hydrogen-bond acceptors (Lipinski definition) is 4. The minimum atomic E-state index is 0.0601. The van der Waals surface area contributed by atoms with E-state index in [0.717, 1.165) is 34.4 Å². The second-order valence-electron chi connectivity index (χ2n) is 5.66. The van der Waals surface area contributed by atoms with Crippen molar-refractivity contribution in [1.82, 2.24) is 10.1 Å². The standard InChI is InChI=1S/C18H15N3O2/c1-11-4-2-3-5-14(11)17-20-18(23-21-17)13-6-8-15-12(10-13)7-9-16(22)19-15/h2-6,8,10H,7,9H2,1H3,(H,19,22). The summed E-state index contributed by atoms with van der Waals surface area (Å²) >= 11 is 0. The summed E-state index contributed by atoms with van der Waals surface area (Å²) in [5, 5.41) is 6.96. The predicted molar refractivity (Wildman–Crippen MR) is 86.9 cm³/mol. The van der Waals surface area contributed by atoms with Crippen LogP contribution in [0.2, 0.25) is 0 Å². The number of nitrogens with zero attached hydrogens (tertiary/aromatic N) is 2. The summed E-state index contributed by atoms with van der Waals surface area (Å²) in [5.41, 5.74) is 4.90. The lowest BCUT2D eigenvalue weighted by Crippen LogP contribution is -2.18. The fraction of sp³-hybridized carbons (Fsp3) is 0.167. The molecule has 1 aliphatic heterocycles. The van der Waals surface area contributed by atoms with Crippen LogP contribution in [0.4, 0.5) is 5.69 Å². The number of fused-ring (bicyclic) bond motifs is 1. The van der Waals surface area contributed by atoms with Gasteiger partial charge in [0.05, 0.1) is 0 Å². The summed E-state index contributed by atoms with van der Waals surface area (Å²) in [6.45, 7) is 2.02. The van der Waals surface area contributed by atoms with E-state index in [4.69, 9.17) is 4.52 Å². The third-order valence-corrected chi connectivity index (χ3v) is 4.06. The first-order valence-corrected chi connectivity index (χ1v) is 7.53. The Labute approximate surface area is 133 Å². The molecule has 1 aromatic heterocycles. The number of rotatable bonds is 2. The van der Waals surface area contributed by atoms with Gasteiger partial charge in [-0.05, 0) is 42.7 Å². The third kappa shape index (κ3) is 2.50. The van der Waals surface area contributed by atoms with Crippen molar-refractivity contribution in [3.8, 4) is 22.8 Å². The van der Waals surface area contributed by atoms with Crippen molar-refractivity contribution in [2.45, 2.75) is 19.8 Å². The van der Waals surface area contributed by atoms with Crippen LogP contribution < -0.4 is 5.32 Å². The molecule has 5 nitrogen and oxygen atoms in total. The quantitative estimate of drug-likeness (QED) is 0.785. The van der Waals surface area contributed by atoms with Gasteiger partial charge in [0, 0.05) is 23.2 Å². The molecule has 1 aliphatic rings. The van der Waals surface area contributed by atoms with Crippen molar-refractivity contribution < 1.29 is 9.32 Å². The van der Waals surface area contributed by atoms with Crippen molar-refractivity contribution in [2.24, 2.45) is 0 Å². The topological polar surface area (TPSA) is 68.0 Å². The van der Waals surface area contributed by atoms with Crippen LogP contribution in [0.25, 0.3) is 22.8 Å². The van der Waals surface area contributed by atoms with Crippen molar-refractivity contribution in [2.75, 3.05) is 5.32 Å². The molecule has 23 heavy (non-hydrogen) atoms. The first-order chi connectivity index (χ1) is 11.2. The summed E-state index contributed by atoms with van der Waals surface area (Å²) in [5.74, 6) is 1.14. The Balaban J connectivity index is 1.70. The first kappa shape index (κ1) is 13.7. The number of benzene rings is 2. The minimum Gasteiger partial charge on any atom is -0.334 e. The van der Waals surface area contributed by atoms with Crippen molar-refractivity contribution in [3.63, 3.8) is 0 Å². The summed E-state index contributed by atoms with van der Waals surface area (Å²) in [4.78, 5) is 15.9. The lowest BCUT2D eigenvalue weighted by molar-refractivity contribution is -0.116. The van der Waals surface area contributed by atoms with Crippen LogP contribution in [0.15, 0.2) is 47.0 Å². The molecule has 3 aromatic rings. The molecule has 2 heterocycles. The van der Waals surface area contributed by atoms with Crippen LogP contribution >= 0.6 is 0 Å². The molecule has 1 amide bonds. The number of nitrogens with one attached hydrogen (secondary N) is 1. The summed E-state index contributed by atoms with van der Waals surface area (Å²) in [7, 11) is 0. The number of carbonyl (C=O) groups excluding carboxylic acids is 1. The predicted octanol–water partition coefficient (Wildman–Crippen LogP) is 3.60. The SMILES string of the molecule is Cc1ccccc1-c1noc(-c2ccc3c(c2)CCC(=O)N3)n1. The smallest absolute Gasteiger partial charge is 0.258 e. The van der Waals surface area contributed by atoms with Crippen LogP contribution in [0.1, 0.15) is 17.5 Å². The molecule has 0 unspecified atom stereocenters. The molecule has 5 heteroatoms. The third-order valence-electron chi connectivity index (χ3n) is 4.06. The van der Waals surface area contributed by atoms with E-state index in [1.165, 1.54) is 0 Å². The Morgan fingerprint density at radius 2 is 2.00 bits per heavy atom. The lowest BCUT2D eigenvalue weighted by atomic mass is 10.0. The first-order valence-electron chi connectivity index (χ1n) is 7.53. The Hall–Kier alpha value is -2.95. The van der Waals surface area contributed by atoms with Crippen molar-refractivity contribution in [1.29, 1.82) is 0 Å². The van der Waals surface area contributed by atoms with Gasteiger partial charge in [0.15, 0.2) is 0 Å². The zero-order chi connectivity index (χ0) is 15.8. The number of aryl methyl sites for hydroxylation is 2. The number of hydrogen-bond donors (Lipinski definition) is 1. The maximum absolute atomic E-state index is 11.4. The summed E-state index contributed by atoms with van der Waals surface area (Å²) in [6.07, 6.45) is 1.24. The minimum absolute atomic E-state index is 0.0601. The molecule has 1 N–H and O–H groups in total. The van der Waals surface area contributed by atoms with Crippen LogP contribution in [0.3, 0.4) is 0 Å². The Kier molecular flexibility index (Phi) is 3.19. The molecule has 0 aliphatic carbocycles.